The Kier molecular flexibility index (Phi) is 8.53. The van der Waals surface area contributed by atoms with E-state index in [0.717, 1.165) is 30.9 Å². The van der Waals surface area contributed by atoms with Crippen molar-refractivity contribution in [3.63, 3.8) is 0 Å². The molecule has 6 heteroatoms. The number of ether oxygens (including phenoxy) is 1. The highest BCUT2D eigenvalue weighted by Crippen LogP contribution is 2.30. The summed E-state index contributed by atoms with van der Waals surface area (Å²) in [4.78, 5) is 0. The topological polar surface area (TPSA) is 36.9 Å². The van der Waals surface area contributed by atoms with Crippen molar-refractivity contribution in [2.24, 2.45) is 0 Å². The molecule has 108 valence electrons. The highest BCUT2D eigenvalue weighted by molar-refractivity contribution is 8.06. The van der Waals surface area contributed by atoms with E-state index < -0.39 is 8.80 Å². The number of hydrogen-bond donors (Lipinski definition) is 0. The van der Waals surface area contributed by atoms with Gasteiger partial charge in [-0.05, 0) is 27.2 Å². The van der Waals surface area contributed by atoms with E-state index in [1.54, 1.807) is 0 Å². The fraction of sp³-hybridized carbons (Fsp3) is 1.00. The molecule has 0 spiro atoms. The van der Waals surface area contributed by atoms with Gasteiger partial charge in [-0.15, -0.1) is 0 Å². The molecule has 1 atom stereocenters. The van der Waals surface area contributed by atoms with Crippen molar-refractivity contribution in [2.75, 3.05) is 38.8 Å². The van der Waals surface area contributed by atoms with Crippen LogP contribution in [0.1, 0.15) is 27.2 Å². The standard InChI is InChI=1S/C12H26O4SSi/c1-4-14-18(15-5-2,16-6-3)9-7-8-13-10-12-11-17-12/h12H,4-11H2,1-3H3. The van der Waals surface area contributed by atoms with Crippen molar-refractivity contribution in [2.45, 2.75) is 38.5 Å². The van der Waals surface area contributed by atoms with Gasteiger partial charge < -0.3 is 18.0 Å². The highest BCUT2D eigenvalue weighted by atomic mass is 32.2. The molecule has 0 bridgehead atoms. The summed E-state index contributed by atoms with van der Waals surface area (Å²) in [5, 5.41) is 0.748. The lowest BCUT2D eigenvalue weighted by molar-refractivity contribution is 0.0664. The molecule has 1 saturated heterocycles. The maximum Gasteiger partial charge on any atom is 0.501 e. The van der Waals surface area contributed by atoms with Crippen molar-refractivity contribution in [3.8, 4) is 0 Å². The maximum atomic E-state index is 5.79. The van der Waals surface area contributed by atoms with Gasteiger partial charge in [0.25, 0.3) is 0 Å². The zero-order valence-electron chi connectivity index (χ0n) is 11.8. The van der Waals surface area contributed by atoms with Crippen molar-refractivity contribution in [1.29, 1.82) is 0 Å². The van der Waals surface area contributed by atoms with Gasteiger partial charge in [-0.2, -0.15) is 11.8 Å². The Morgan fingerprint density at radius 1 is 1.06 bits per heavy atom. The third kappa shape index (κ3) is 6.54. The summed E-state index contributed by atoms with van der Waals surface area (Å²) in [6.07, 6.45) is 0.948. The van der Waals surface area contributed by atoms with Gasteiger partial charge in [-0.25, -0.2) is 0 Å². The first-order valence-electron chi connectivity index (χ1n) is 6.87. The number of rotatable bonds is 12. The van der Waals surface area contributed by atoms with Gasteiger partial charge in [-0.3, -0.25) is 0 Å². The van der Waals surface area contributed by atoms with Crippen LogP contribution < -0.4 is 0 Å². The van der Waals surface area contributed by atoms with Crippen molar-refractivity contribution in [1.82, 2.24) is 0 Å². The Morgan fingerprint density at radius 2 is 1.61 bits per heavy atom. The van der Waals surface area contributed by atoms with Crippen molar-refractivity contribution >= 4 is 20.6 Å². The maximum absolute atomic E-state index is 5.79. The van der Waals surface area contributed by atoms with E-state index in [-0.39, 0.29) is 0 Å². The molecule has 1 rings (SSSR count). The predicted molar refractivity (Wildman–Crippen MR) is 77.1 cm³/mol. The monoisotopic (exact) mass is 294 g/mol. The minimum Gasteiger partial charge on any atom is -0.380 e. The first-order chi connectivity index (χ1) is 8.76. The van der Waals surface area contributed by atoms with Crippen LogP contribution in [-0.2, 0) is 18.0 Å². The molecule has 0 saturated carbocycles. The van der Waals surface area contributed by atoms with E-state index >= 15 is 0 Å². The molecule has 1 fully saturated rings. The van der Waals surface area contributed by atoms with Crippen LogP contribution in [0.3, 0.4) is 0 Å². The third-order valence-corrected chi connectivity index (χ3v) is 6.66. The molecule has 0 aromatic carbocycles. The lowest BCUT2D eigenvalue weighted by Crippen LogP contribution is -2.46. The molecule has 0 radical (unpaired) electrons. The second-order valence-electron chi connectivity index (χ2n) is 4.12. The van der Waals surface area contributed by atoms with Crippen LogP contribution in [0.5, 0.6) is 0 Å². The molecule has 1 aliphatic heterocycles. The Labute approximate surface area is 116 Å². The smallest absolute Gasteiger partial charge is 0.380 e. The Morgan fingerprint density at radius 3 is 2.06 bits per heavy atom. The fourth-order valence-electron chi connectivity index (χ4n) is 1.77. The van der Waals surface area contributed by atoms with E-state index in [2.05, 4.69) is 0 Å². The fourth-order valence-corrected chi connectivity index (χ4v) is 4.78. The molecule has 18 heavy (non-hydrogen) atoms. The van der Waals surface area contributed by atoms with Crippen LogP contribution in [0.25, 0.3) is 0 Å². The molecular weight excluding hydrogens is 268 g/mol. The largest absolute Gasteiger partial charge is 0.501 e. The van der Waals surface area contributed by atoms with Gasteiger partial charge in [0.15, 0.2) is 0 Å². The Balaban J connectivity index is 2.22. The molecule has 0 amide bonds. The molecule has 4 nitrogen and oxygen atoms in total. The summed E-state index contributed by atoms with van der Waals surface area (Å²) < 4.78 is 23.0. The van der Waals surface area contributed by atoms with Crippen molar-refractivity contribution < 1.29 is 18.0 Å². The molecule has 0 N–H and O–H groups in total. The zero-order valence-corrected chi connectivity index (χ0v) is 13.6. The minimum atomic E-state index is -2.44. The molecule has 1 unspecified atom stereocenters. The molecule has 1 aliphatic rings. The van der Waals surface area contributed by atoms with Crippen LogP contribution in [0.4, 0.5) is 0 Å². The van der Waals surface area contributed by atoms with Gasteiger partial charge in [-0.1, -0.05) is 0 Å². The first-order valence-corrected chi connectivity index (χ1v) is 9.85. The number of hydrogen-bond acceptors (Lipinski definition) is 5. The van der Waals surface area contributed by atoms with E-state index in [1.807, 2.05) is 32.5 Å². The highest BCUT2D eigenvalue weighted by Gasteiger charge is 2.39. The summed E-state index contributed by atoms with van der Waals surface area (Å²) >= 11 is 1.97. The molecule has 0 aromatic rings. The van der Waals surface area contributed by atoms with Crippen LogP contribution in [0.2, 0.25) is 6.04 Å². The molecular formula is C12H26O4SSi. The van der Waals surface area contributed by atoms with Gasteiger partial charge >= 0.3 is 8.80 Å². The Bertz CT molecular complexity index is 197. The van der Waals surface area contributed by atoms with E-state index in [1.165, 1.54) is 5.75 Å². The van der Waals surface area contributed by atoms with Gasteiger partial charge in [0.1, 0.15) is 0 Å². The lowest BCUT2D eigenvalue weighted by Gasteiger charge is -2.28. The average Bonchev–Trinajstić information content (AvgIpc) is 3.14. The van der Waals surface area contributed by atoms with Crippen LogP contribution in [0.15, 0.2) is 0 Å². The van der Waals surface area contributed by atoms with Gasteiger partial charge in [0.05, 0.1) is 6.61 Å². The quantitative estimate of drug-likeness (QED) is 0.314. The average molecular weight is 294 g/mol. The summed E-state index contributed by atoms with van der Waals surface area (Å²) in [7, 11) is -2.44. The van der Waals surface area contributed by atoms with E-state index in [4.69, 9.17) is 18.0 Å². The SMILES string of the molecule is CCO[Si](CCCOCC1CS1)(OCC)OCC. The Hall–Kier alpha value is 0.407. The zero-order chi connectivity index (χ0) is 13.3. The van der Waals surface area contributed by atoms with E-state index in [9.17, 15) is 0 Å². The summed E-state index contributed by atoms with van der Waals surface area (Å²) in [5.74, 6) is 1.26. The third-order valence-electron chi connectivity index (χ3n) is 2.57. The molecule has 0 aromatic heterocycles. The summed E-state index contributed by atoms with van der Waals surface area (Å²) in [6, 6.07) is 0.848. The summed E-state index contributed by atoms with van der Waals surface area (Å²) in [6.45, 7) is 9.56. The van der Waals surface area contributed by atoms with Gasteiger partial charge in [0.2, 0.25) is 0 Å². The van der Waals surface area contributed by atoms with E-state index in [0.29, 0.717) is 19.8 Å². The number of thioether (sulfide) groups is 1. The second-order valence-corrected chi connectivity index (χ2v) is 8.18. The van der Waals surface area contributed by atoms with Crippen LogP contribution in [0, 0.1) is 0 Å². The van der Waals surface area contributed by atoms with Gasteiger partial charge in [0, 0.05) is 43.5 Å². The van der Waals surface area contributed by atoms with Crippen LogP contribution >= 0.6 is 11.8 Å². The summed E-state index contributed by atoms with van der Waals surface area (Å²) in [5.41, 5.74) is 0. The predicted octanol–water partition coefficient (Wildman–Crippen LogP) is 2.56. The normalized spacial score (nSPS) is 19.2. The van der Waals surface area contributed by atoms with Crippen LogP contribution in [-0.4, -0.2) is 52.8 Å². The second kappa shape index (κ2) is 9.33. The molecule has 1 heterocycles. The lowest BCUT2D eigenvalue weighted by atomic mass is 10.5. The minimum absolute atomic E-state index is 0.645. The molecule has 0 aliphatic carbocycles. The van der Waals surface area contributed by atoms with Crippen molar-refractivity contribution in [3.05, 3.63) is 0 Å². The first kappa shape index (κ1) is 16.5.